The Labute approximate surface area is 82.6 Å². The highest BCUT2D eigenvalue weighted by Crippen LogP contribution is 2.27. The minimum atomic E-state index is 0.707. The average molecular weight is 181 g/mol. The van der Waals surface area contributed by atoms with Gasteiger partial charge in [-0.2, -0.15) is 0 Å². The summed E-state index contributed by atoms with van der Waals surface area (Å²) in [7, 11) is 0. The number of rotatable bonds is 4. The minimum absolute atomic E-state index is 0.707. The van der Waals surface area contributed by atoms with Gasteiger partial charge < -0.3 is 5.32 Å². The van der Waals surface area contributed by atoms with Crippen LogP contribution in [0, 0.1) is 5.92 Å². The Morgan fingerprint density at radius 2 is 2.00 bits per heavy atom. The smallest absolute Gasteiger partial charge is 0.0139 e. The molecule has 0 aromatic rings. The topological polar surface area (TPSA) is 12.0 Å². The summed E-state index contributed by atoms with van der Waals surface area (Å²) in [6, 6.07) is 0.707. The molecule has 1 aliphatic carbocycles. The summed E-state index contributed by atoms with van der Waals surface area (Å²) in [5, 5.41) is 3.58. The highest BCUT2D eigenvalue weighted by Gasteiger charge is 2.20. The lowest BCUT2D eigenvalue weighted by molar-refractivity contribution is 0.394. The van der Waals surface area contributed by atoms with Crippen molar-refractivity contribution >= 4 is 0 Å². The molecule has 0 spiro atoms. The van der Waals surface area contributed by atoms with E-state index in [2.05, 4.69) is 32.2 Å². The molecule has 1 nitrogen and oxygen atoms in total. The molecule has 76 valence electrons. The number of hydrogen-bond donors (Lipinski definition) is 1. The molecule has 0 unspecified atom stereocenters. The van der Waals surface area contributed by atoms with Gasteiger partial charge in [0.15, 0.2) is 0 Å². The average Bonchev–Trinajstić information content (AvgIpc) is 2.55. The lowest BCUT2D eigenvalue weighted by Gasteiger charge is -2.19. The van der Waals surface area contributed by atoms with E-state index in [4.69, 9.17) is 0 Å². The third-order valence-electron chi connectivity index (χ3n) is 3.06. The van der Waals surface area contributed by atoms with E-state index in [1.54, 1.807) is 0 Å². The molecule has 0 aromatic heterocycles. The monoisotopic (exact) mass is 181 g/mol. The van der Waals surface area contributed by atoms with Gasteiger partial charge in [0.1, 0.15) is 0 Å². The third kappa shape index (κ3) is 3.95. The van der Waals surface area contributed by atoms with Crippen molar-refractivity contribution in [1.29, 1.82) is 0 Å². The minimum Gasteiger partial charge on any atom is -0.311 e. The van der Waals surface area contributed by atoms with E-state index in [0.29, 0.717) is 6.04 Å². The Morgan fingerprint density at radius 1 is 1.38 bits per heavy atom. The molecule has 1 fully saturated rings. The molecular formula is C12H23N. The molecule has 0 radical (unpaired) electrons. The molecule has 0 aromatic carbocycles. The second kappa shape index (κ2) is 5.43. The number of nitrogens with one attached hydrogen (secondary N) is 1. The van der Waals surface area contributed by atoms with Crippen molar-refractivity contribution in [2.24, 2.45) is 5.92 Å². The van der Waals surface area contributed by atoms with Crippen LogP contribution in [0.4, 0.5) is 0 Å². The fourth-order valence-electron chi connectivity index (χ4n) is 2.07. The van der Waals surface area contributed by atoms with Crippen molar-refractivity contribution in [2.75, 3.05) is 6.54 Å². The molecule has 1 saturated carbocycles. The maximum atomic E-state index is 3.58. The van der Waals surface area contributed by atoms with Gasteiger partial charge in [-0.3, -0.25) is 0 Å². The lowest BCUT2D eigenvalue weighted by Crippen LogP contribution is -2.32. The molecule has 0 saturated heterocycles. The molecule has 1 heteroatoms. The Hall–Kier alpha value is -0.300. The molecule has 0 heterocycles. The molecule has 1 atom stereocenters. The van der Waals surface area contributed by atoms with E-state index in [1.165, 1.54) is 31.3 Å². The van der Waals surface area contributed by atoms with Gasteiger partial charge in [-0.15, -0.1) is 0 Å². The SMILES string of the molecule is CC(C)=CCN[C@@H](C)C1CCCC1. The zero-order valence-corrected chi connectivity index (χ0v) is 9.27. The van der Waals surface area contributed by atoms with E-state index in [1.807, 2.05) is 0 Å². The van der Waals surface area contributed by atoms with Crippen LogP contribution in [0.15, 0.2) is 11.6 Å². The summed E-state index contributed by atoms with van der Waals surface area (Å²) in [4.78, 5) is 0. The zero-order valence-electron chi connectivity index (χ0n) is 9.27. The van der Waals surface area contributed by atoms with Crippen molar-refractivity contribution in [3.8, 4) is 0 Å². The molecule has 0 aliphatic heterocycles. The Morgan fingerprint density at radius 3 is 2.54 bits per heavy atom. The van der Waals surface area contributed by atoms with Gasteiger partial charge in [-0.25, -0.2) is 0 Å². The normalized spacial score (nSPS) is 20.2. The first-order valence-electron chi connectivity index (χ1n) is 5.57. The first kappa shape index (κ1) is 10.8. The Bertz CT molecular complexity index is 162. The van der Waals surface area contributed by atoms with Crippen LogP contribution in [-0.2, 0) is 0 Å². The fraction of sp³-hybridized carbons (Fsp3) is 0.833. The predicted molar refractivity (Wildman–Crippen MR) is 58.9 cm³/mol. The third-order valence-corrected chi connectivity index (χ3v) is 3.06. The summed E-state index contributed by atoms with van der Waals surface area (Å²) >= 11 is 0. The van der Waals surface area contributed by atoms with Gasteiger partial charge in [-0.1, -0.05) is 24.5 Å². The second-order valence-corrected chi connectivity index (χ2v) is 4.52. The highest BCUT2D eigenvalue weighted by molar-refractivity contribution is 4.95. The van der Waals surface area contributed by atoms with E-state index >= 15 is 0 Å². The molecule has 13 heavy (non-hydrogen) atoms. The number of allylic oxidation sites excluding steroid dienone is 1. The maximum absolute atomic E-state index is 3.58. The largest absolute Gasteiger partial charge is 0.311 e. The molecule has 0 amide bonds. The van der Waals surface area contributed by atoms with Crippen LogP contribution in [0.2, 0.25) is 0 Å². The van der Waals surface area contributed by atoms with Crippen molar-refractivity contribution < 1.29 is 0 Å². The lowest BCUT2D eigenvalue weighted by atomic mass is 10.00. The summed E-state index contributed by atoms with van der Waals surface area (Å²) < 4.78 is 0. The van der Waals surface area contributed by atoms with Crippen LogP contribution in [0.3, 0.4) is 0 Å². The van der Waals surface area contributed by atoms with E-state index in [9.17, 15) is 0 Å². The van der Waals surface area contributed by atoms with Crippen LogP contribution in [-0.4, -0.2) is 12.6 Å². The molecule has 1 N–H and O–H groups in total. The van der Waals surface area contributed by atoms with Gasteiger partial charge >= 0.3 is 0 Å². The second-order valence-electron chi connectivity index (χ2n) is 4.52. The van der Waals surface area contributed by atoms with Crippen molar-refractivity contribution in [3.05, 3.63) is 11.6 Å². The van der Waals surface area contributed by atoms with Crippen LogP contribution in [0.1, 0.15) is 46.5 Å². The van der Waals surface area contributed by atoms with Crippen LogP contribution >= 0.6 is 0 Å². The van der Waals surface area contributed by atoms with Gasteiger partial charge in [-0.05, 0) is 39.5 Å². The van der Waals surface area contributed by atoms with Gasteiger partial charge in [0, 0.05) is 12.6 Å². The van der Waals surface area contributed by atoms with Crippen molar-refractivity contribution in [3.63, 3.8) is 0 Å². The summed E-state index contributed by atoms with van der Waals surface area (Å²) in [5.41, 5.74) is 1.41. The standard InChI is InChI=1S/C12H23N/c1-10(2)8-9-13-11(3)12-6-4-5-7-12/h8,11-13H,4-7,9H2,1-3H3/t11-/m0/s1. The molecular weight excluding hydrogens is 158 g/mol. The summed E-state index contributed by atoms with van der Waals surface area (Å²) in [6.45, 7) is 7.68. The summed E-state index contributed by atoms with van der Waals surface area (Å²) in [6.07, 6.45) is 8.02. The first-order chi connectivity index (χ1) is 6.20. The van der Waals surface area contributed by atoms with E-state index in [-0.39, 0.29) is 0 Å². The van der Waals surface area contributed by atoms with E-state index in [0.717, 1.165) is 12.5 Å². The predicted octanol–water partition coefficient (Wildman–Crippen LogP) is 3.12. The Balaban J connectivity index is 2.16. The first-order valence-corrected chi connectivity index (χ1v) is 5.57. The van der Waals surface area contributed by atoms with Crippen molar-refractivity contribution in [1.82, 2.24) is 5.32 Å². The molecule has 1 rings (SSSR count). The summed E-state index contributed by atoms with van der Waals surface area (Å²) in [5.74, 6) is 0.936. The van der Waals surface area contributed by atoms with Crippen LogP contribution in [0.25, 0.3) is 0 Å². The van der Waals surface area contributed by atoms with E-state index < -0.39 is 0 Å². The van der Waals surface area contributed by atoms with Gasteiger partial charge in [0.2, 0.25) is 0 Å². The highest BCUT2D eigenvalue weighted by atomic mass is 14.9. The van der Waals surface area contributed by atoms with Crippen LogP contribution in [0.5, 0.6) is 0 Å². The Kier molecular flexibility index (Phi) is 4.51. The fourth-order valence-corrected chi connectivity index (χ4v) is 2.07. The van der Waals surface area contributed by atoms with Crippen molar-refractivity contribution in [2.45, 2.75) is 52.5 Å². The zero-order chi connectivity index (χ0) is 9.68. The number of hydrogen-bond acceptors (Lipinski definition) is 1. The quantitative estimate of drug-likeness (QED) is 0.657. The van der Waals surface area contributed by atoms with Gasteiger partial charge in [0.25, 0.3) is 0 Å². The molecule has 0 bridgehead atoms. The maximum Gasteiger partial charge on any atom is 0.0139 e. The molecule has 1 aliphatic rings. The van der Waals surface area contributed by atoms with Gasteiger partial charge in [0.05, 0.1) is 0 Å². The van der Waals surface area contributed by atoms with Crippen LogP contribution < -0.4 is 5.32 Å².